The van der Waals surface area contributed by atoms with Gasteiger partial charge in [0, 0.05) is 12.7 Å². The van der Waals surface area contributed by atoms with Crippen LogP contribution in [0.2, 0.25) is 0 Å². The minimum atomic E-state index is -4.56. The average molecular weight is 369 g/mol. The van der Waals surface area contributed by atoms with E-state index in [1.54, 1.807) is 24.3 Å². The zero-order valence-electron chi connectivity index (χ0n) is 13.4. The van der Waals surface area contributed by atoms with Gasteiger partial charge in [-0.3, -0.25) is 14.0 Å². The Labute approximate surface area is 144 Å². The van der Waals surface area contributed by atoms with Crippen molar-refractivity contribution in [3.05, 3.63) is 52.8 Å². The highest BCUT2D eigenvalue weighted by Gasteiger charge is 2.33. The zero-order chi connectivity index (χ0) is 18.7. The van der Waals surface area contributed by atoms with Gasteiger partial charge in [0.05, 0.1) is 12.1 Å². The van der Waals surface area contributed by atoms with Gasteiger partial charge in [0.25, 0.3) is 0 Å². The summed E-state index contributed by atoms with van der Waals surface area (Å²) in [4.78, 5) is 23.4. The molecule has 10 heteroatoms. The fraction of sp³-hybridized carbons (Fsp3) is 0.312. The maximum atomic E-state index is 12.4. The molecule has 26 heavy (non-hydrogen) atoms. The van der Waals surface area contributed by atoms with Crippen LogP contribution in [0, 0.1) is 0 Å². The Morgan fingerprint density at radius 2 is 2.00 bits per heavy atom. The highest BCUT2D eigenvalue weighted by molar-refractivity contribution is 5.72. The van der Waals surface area contributed by atoms with Crippen LogP contribution in [0.25, 0.3) is 11.1 Å². The van der Waals surface area contributed by atoms with Crippen molar-refractivity contribution in [2.75, 3.05) is 6.61 Å². The monoisotopic (exact) mass is 369 g/mol. The molecule has 138 valence electrons. The summed E-state index contributed by atoms with van der Waals surface area (Å²) in [6.07, 6.45) is -3.15. The molecule has 0 atom stereocenters. The number of rotatable bonds is 6. The van der Waals surface area contributed by atoms with Crippen LogP contribution in [0.1, 0.15) is 12.1 Å². The SMILES string of the molecule is O=C(Cn1ccc(C(F)(F)F)n1)OCCCn1c(=O)oc2ccccc21. The molecule has 0 N–H and O–H groups in total. The Hall–Kier alpha value is -3.04. The number of para-hydroxylation sites is 2. The first-order valence-corrected chi connectivity index (χ1v) is 7.69. The van der Waals surface area contributed by atoms with Gasteiger partial charge in [-0.1, -0.05) is 12.1 Å². The summed E-state index contributed by atoms with van der Waals surface area (Å²) in [6.45, 7) is -0.133. The lowest BCUT2D eigenvalue weighted by Crippen LogP contribution is -2.18. The Morgan fingerprint density at radius 3 is 2.73 bits per heavy atom. The molecule has 7 nitrogen and oxygen atoms in total. The van der Waals surface area contributed by atoms with E-state index in [1.807, 2.05) is 0 Å². The van der Waals surface area contributed by atoms with Crippen molar-refractivity contribution in [1.29, 1.82) is 0 Å². The third-order valence-corrected chi connectivity index (χ3v) is 3.59. The molecule has 1 aromatic carbocycles. The van der Waals surface area contributed by atoms with Crippen LogP contribution in [-0.2, 0) is 28.8 Å². The van der Waals surface area contributed by atoms with Crippen LogP contribution in [0.3, 0.4) is 0 Å². The summed E-state index contributed by atoms with van der Waals surface area (Å²) >= 11 is 0. The number of ether oxygens (including phenoxy) is 1. The largest absolute Gasteiger partial charge is 0.464 e. The highest BCUT2D eigenvalue weighted by Crippen LogP contribution is 2.27. The minimum absolute atomic E-state index is 0.0121. The predicted molar refractivity (Wildman–Crippen MR) is 83.3 cm³/mol. The smallest absolute Gasteiger partial charge is 0.435 e. The normalized spacial score (nSPS) is 11.8. The lowest BCUT2D eigenvalue weighted by atomic mass is 10.3. The molecule has 0 bridgehead atoms. The second-order valence-electron chi connectivity index (χ2n) is 5.46. The summed E-state index contributed by atoms with van der Waals surface area (Å²) < 4.78 is 49.6. The van der Waals surface area contributed by atoms with Gasteiger partial charge in [-0.15, -0.1) is 0 Å². The molecule has 0 radical (unpaired) electrons. The van der Waals surface area contributed by atoms with E-state index in [9.17, 15) is 22.8 Å². The van der Waals surface area contributed by atoms with Gasteiger partial charge in [0.15, 0.2) is 11.3 Å². The third kappa shape index (κ3) is 3.95. The van der Waals surface area contributed by atoms with Gasteiger partial charge < -0.3 is 9.15 Å². The number of carbonyl (C=O) groups excluding carboxylic acids is 1. The molecule has 0 unspecified atom stereocenters. The molecule has 0 aliphatic rings. The van der Waals surface area contributed by atoms with E-state index in [2.05, 4.69) is 5.10 Å². The van der Waals surface area contributed by atoms with Crippen LogP contribution in [-0.4, -0.2) is 26.9 Å². The van der Waals surface area contributed by atoms with Crippen LogP contribution in [0.5, 0.6) is 0 Å². The maximum absolute atomic E-state index is 12.4. The van der Waals surface area contributed by atoms with Gasteiger partial charge in [0.1, 0.15) is 6.54 Å². The number of aryl methyl sites for hydroxylation is 1. The number of hydrogen-bond donors (Lipinski definition) is 0. The Balaban J connectivity index is 1.49. The summed E-state index contributed by atoms with van der Waals surface area (Å²) in [5, 5.41) is 3.27. The first-order chi connectivity index (χ1) is 12.3. The van der Waals surface area contributed by atoms with Gasteiger partial charge >= 0.3 is 17.9 Å². The summed E-state index contributed by atoms with van der Waals surface area (Å²) in [5.41, 5.74) is 0.0326. The topological polar surface area (TPSA) is 79.3 Å². The molecule has 3 aromatic rings. The predicted octanol–water partition coefficient (Wildman–Crippen LogP) is 2.44. The third-order valence-electron chi connectivity index (χ3n) is 3.59. The van der Waals surface area contributed by atoms with Crippen molar-refractivity contribution in [2.45, 2.75) is 25.7 Å². The van der Waals surface area contributed by atoms with E-state index in [0.29, 0.717) is 17.5 Å². The Bertz CT molecular complexity index is 971. The van der Waals surface area contributed by atoms with Crippen molar-refractivity contribution in [3.8, 4) is 0 Å². The Morgan fingerprint density at radius 1 is 1.23 bits per heavy atom. The van der Waals surface area contributed by atoms with Crippen molar-refractivity contribution in [1.82, 2.24) is 14.3 Å². The molecule has 0 amide bonds. The standard InChI is InChI=1S/C16H14F3N3O4/c17-16(18,19)13-6-8-21(20-13)10-14(23)25-9-3-7-22-11-4-1-2-5-12(11)26-15(22)24/h1-2,4-6,8H,3,7,9-10H2. The van der Waals surface area contributed by atoms with Crippen LogP contribution in [0.4, 0.5) is 13.2 Å². The Kier molecular flexibility index (Phi) is 4.83. The minimum Gasteiger partial charge on any atom is -0.464 e. The van der Waals surface area contributed by atoms with E-state index in [4.69, 9.17) is 9.15 Å². The van der Waals surface area contributed by atoms with Crippen molar-refractivity contribution >= 4 is 17.1 Å². The van der Waals surface area contributed by atoms with Crippen molar-refractivity contribution in [2.24, 2.45) is 0 Å². The van der Waals surface area contributed by atoms with Gasteiger partial charge in [-0.2, -0.15) is 18.3 Å². The quantitative estimate of drug-likeness (QED) is 0.493. The zero-order valence-corrected chi connectivity index (χ0v) is 13.4. The number of esters is 1. The lowest BCUT2D eigenvalue weighted by Gasteiger charge is -2.06. The summed E-state index contributed by atoms with van der Waals surface area (Å²) in [6, 6.07) is 7.71. The molecule has 2 aromatic heterocycles. The molecule has 2 heterocycles. The molecule has 0 saturated carbocycles. The fourth-order valence-electron chi connectivity index (χ4n) is 2.41. The molecule has 0 fully saturated rings. The van der Waals surface area contributed by atoms with E-state index in [0.717, 1.165) is 16.9 Å². The molecule has 3 rings (SSSR count). The number of benzene rings is 1. The molecule has 0 spiro atoms. The number of halogens is 3. The molecule has 0 aliphatic heterocycles. The number of aromatic nitrogens is 3. The number of carbonyl (C=O) groups is 1. The highest BCUT2D eigenvalue weighted by atomic mass is 19.4. The fourth-order valence-corrected chi connectivity index (χ4v) is 2.41. The number of nitrogens with zero attached hydrogens (tertiary/aromatic N) is 3. The van der Waals surface area contributed by atoms with Crippen molar-refractivity contribution in [3.63, 3.8) is 0 Å². The summed E-state index contributed by atoms with van der Waals surface area (Å²) in [5.74, 6) is -1.22. The molecule has 0 aliphatic carbocycles. The van der Waals surface area contributed by atoms with Crippen molar-refractivity contribution < 1.29 is 27.1 Å². The van der Waals surface area contributed by atoms with Gasteiger partial charge in [-0.05, 0) is 24.6 Å². The van der Waals surface area contributed by atoms with Crippen LogP contribution < -0.4 is 5.76 Å². The molecular formula is C16H14F3N3O4. The van der Waals surface area contributed by atoms with Crippen LogP contribution >= 0.6 is 0 Å². The van der Waals surface area contributed by atoms with E-state index in [1.165, 1.54) is 4.57 Å². The number of alkyl halides is 3. The van der Waals surface area contributed by atoms with E-state index < -0.39 is 30.1 Å². The first-order valence-electron chi connectivity index (χ1n) is 7.69. The van der Waals surface area contributed by atoms with E-state index >= 15 is 0 Å². The maximum Gasteiger partial charge on any atom is 0.435 e. The second kappa shape index (κ2) is 7.06. The average Bonchev–Trinajstić information content (AvgIpc) is 3.16. The van der Waals surface area contributed by atoms with Crippen LogP contribution in [0.15, 0.2) is 45.7 Å². The van der Waals surface area contributed by atoms with Gasteiger partial charge in [0.2, 0.25) is 0 Å². The lowest BCUT2D eigenvalue weighted by molar-refractivity contribution is -0.146. The van der Waals surface area contributed by atoms with E-state index in [-0.39, 0.29) is 13.2 Å². The second-order valence-corrected chi connectivity index (χ2v) is 5.46. The number of fused-ring (bicyclic) bond motifs is 1. The molecule has 0 saturated heterocycles. The number of hydrogen-bond acceptors (Lipinski definition) is 5. The van der Waals surface area contributed by atoms with Gasteiger partial charge in [-0.25, -0.2) is 4.79 Å². The summed E-state index contributed by atoms with van der Waals surface area (Å²) in [7, 11) is 0. The number of oxazole rings is 1. The first kappa shape index (κ1) is 17.8. The molecular weight excluding hydrogens is 355 g/mol.